The minimum atomic E-state index is -0.567. The van der Waals surface area contributed by atoms with E-state index in [9.17, 15) is 10.1 Å². The molecule has 15 heavy (non-hydrogen) atoms. The van der Waals surface area contributed by atoms with Crippen molar-refractivity contribution in [2.75, 3.05) is 0 Å². The molecule has 80 valence electrons. The number of hydrogen-bond acceptors (Lipinski definition) is 4. The van der Waals surface area contributed by atoms with Crippen LogP contribution < -0.4 is 4.74 Å². The molecule has 0 unspecified atom stereocenters. The van der Waals surface area contributed by atoms with Gasteiger partial charge in [0.2, 0.25) is 5.88 Å². The zero-order chi connectivity index (χ0) is 10.8. The topological polar surface area (TPSA) is 65.3 Å². The summed E-state index contributed by atoms with van der Waals surface area (Å²) in [4.78, 5) is 13.7. The molecule has 0 aromatic carbocycles. The molecule has 0 bridgehead atoms. The number of halogens is 1. The molecule has 1 fully saturated rings. The molecule has 0 atom stereocenters. The van der Waals surface area contributed by atoms with E-state index in [1.807, 2.05) is 0 Å². The molecule has 1 heterocycles. The van der Waals surface area contributed by atoms with E-state index >= 15 is 0 Å². The zero-order valence-corrected chi connectivity index (χ0v) is 8.61. The summed E-state index contributed by atoms with van der Waals surface area (Å²) >= 11 is 5.71. The van der Waals surface area contributed by atoms with E-state index in [-0.39, 0.29) is 16.8 Å². The summed E-state index contributed by atoms with van der Waals surface area (Å²) in [6.07, 6.45) is 4.49. The summed E-state index contributed by atoms with van der Waals surface area (Å²) < 4.78 is 5.45. The highest BCUT2D eigenvalue weighted by molar-refractivity contribution is 6.32. The summed E-state index contributed by atoms with van der Waals surface area (Å²) in [5.41, 5.74) is -0.197. The first-order valence-electron chi connectivity index (χ1n) is 4.63. The number of nitrogens with zero attached hydrogens (tertiary/aromatic N) is 2. The Kier molecular flexibility index (Phi) is 2.73. The Hall–Kier alpha value is -1.36. The number of ether oxygens (including phenoxy) is 1. The average Bonchev–Trinajstić information content (AvgIpc) is 2.11. The van der Waals surface area contributed by atoms with Crippen LogP contribution >= 0.6 is 11.6 Å². The molecule has 1 saturated carbocycles. The smallest absolute Gasteiger partial charge is 0.306 e. The summed E-state index contributed by atoms with van der Waals surface area (Å²) in [5, 5.41) is 10.5. The molecule has 1 aliphatic rings. The molecule has 6 heteroatoms. The molecule has 1 aliphatic carbocycles. The van der Waals surface area contributed by atoms with Gasteiger partial charge in [-0.3, -0.25) is 10.1 Å². The molecule has 0 saturated heterocycles. The van der Waals surface area contributed by atoms with Gasteiger partial charge in [0.1, 0.15) is 17.3 Å². The standard InChI is InChI=1S/C9H9ClN2O3/c10-7-4-9(15-6-2-1-3-6)11-5-8(7)12(13)14/h4-6H,1-3H2. The number of rotatable bonds is 3. The van der Waals surface area contributed by atoms with Gasteiger partial charge in [-0.2, -0.15) is 0 Å². The number of pyridine rings is 1. The summed E-state index contributed by atoms with van der Waals surface area (Å²) in [6.45, 7) is 0. The highest BCUT2D eigenvalue weighted by atomic mass is 35.5. The van der Waals surface area contributed by atoms with Gasteiger partial charge in [0, 0.05) is 6.07 Å². The van der Waals surface area contributed by atoms with E-state index in [4.69, 9.17) is 16.3 Å². The minimum Gasteiger partial charge on any atom is -0.474 e. The molecule has 5 nitrogen and oxygen atoms in total. The van der Waals surface area contributed by atoms with Crippen LogP contribution in [0.3, 0.4) is 0 Å². The van der Waals surface area contributed by atoms with Crippen molar-refractivity contribution in [1.29, 1.82) is 0 Å². The third-order valence-electron chi connectivity index (χ3n) is 2.35. The maximum absolute atomic E-state index is 10.5. The van der Waals surface area contributed by atoms with Gasteiger partial charge in [-0.1, -0.05) is 11.6 Å². The monoisotopic (exact) mass is 228 g/mol. The van der Waals surface area contributed by atoms with E-state index in [2.05, 4.69) is 4.98 Å². The molecular weight excluding hydrogens is 220 g/mol. The van der Waals surface area contributed by atoms with Crippen molar-refractivity contribution in [3.8, 4) is 5.88 Å². The third-order valence-corrected chi connectivity index (χ3v) is 2.65. The van der Waals surface area contributed by atoms with Gasteiger partial charge >= 0.3 is 5.69 Å². The minimum absolute atomic E-state index is 0.0596. The normalized spacial score (nSPS) is 15.8. The Bertz CT molecular complexity index is 393. The van der Waals surface area contributed by atoms with Crippen molar-refractivity contribution in [1.82, 2.24) is 4.98 Å². The van der Waals surface area contributed by atoms with Gasteiger partial charge in [0.15, 0.2) is 0 Å². The zero-order valence-electron chi connectivity index (χ0n) is 7.85. The van der Waals surface area contributed by atoms with Crippen molar-refractivity contribution in [2.45, 2.75) is 25.4 Å². The third kappa shape index (κ3) is 2.18. The fourth-order valence-corrected chi connectivity index (χ4v) is 1.48. The van der Waals surface area contributed by atoms with Gasteiger partial charge in [-0.25, -0.2) is 4.98 Å². The maximum Gasteiger partial charge on any atom is 0.306 e. The molecular formula is C9H9ClN2O3. The van der Waals surface area contributed by atoms with Crippen LogP contribution in [0.5, 0.6) is 5.88 Å². The fourth-order valence-electron chi connectivity index (χ4n) is 1.26. The van der Waals surface area contributed by atoms with Gasteiger partial charge in [0.05, 0.1) is 4.92 Å². The van der Waals surface area contributed by atoms with Crippen LogP contribution in [-0.4, -0.2) is 16.0 Å². The van der Waals surface area contributed by atoms with Crippen LogP contribution in [0.15, 0.2) is 12.3 Å². The first-order valence-corrected chi connectivity index (χ1v) is 5.01. The fraction of sp³-hybridized carbons (Fsp3) is 0.444. The lowest BCUT2D eigenvalue weighted by Gasteiger charge is -2.25. The lowest BCUT2D eigenvalue weighted by atomic mass is 9.96. The van der Waals surface area contributed by atoms with Gasteiger partial charge in [0.25, 0.3) is 0 Å². The molecule has 1 aromatic heterocycles. The van der Waals surface area contributed by atoms with E-state index in [1.54, 1.807) is 0 Å². The van der Waals surface area contributed by atoms with Gasteiger partial charge < -0.3 is 4.74 Å². The predicted molar refractivity (Wildman–Crippen MR) is 54.2 cm³/mol. The van der Waals surface area contributed by atoms with Crippen LogP contribution in [0.1, 0.15) is 19.3 Å². The summed E-state index contributed by atoms with van der Waals surface area (Å²) in [5.74, 6) is 0.357. The molecule has 1 aromatic rings. The van der Waals surface area contributed by atoms with Crippen molar-refractivity contribution >= 4 is 17.3 Å². The first kappa shape index (κ1) is 10.2. The van der Waals surface area contributed by atoms with Crippen LogP contribution in [0, 0.1) is 10.1 Å². The highest BCUT2D eigenvalue weighted by Gasteiger charge is 2.21. The second-order valence-electron chi connectivity index (χ2n) is 3.40. The Balaban J connectivity index is 2.13. The van der Waals surface area contributed by atoms with E-state index in [0.717, 1.165) is 25.5 Å². The molecule has 0 spiro atoms. The Labute approximate surface area is 91.2 Å². The highest BCUT2D eigenvalue weighted by Crippen LogP contribution is 2.29. The predicted octanol–water partition coefficient (Wildman–Crippen LogP) is 2.57. The second kappa shape index (κ2) is 4.02. The quantitative estimate of drug-likeness (QED) is 0.589. The average molecular weight is 229 g/mol. The largest absolute Gasteiger partial charge is 0.474 e. The van der Waals surface area contributed by atoms with Crippen LogP contribution in [0.2, 0.25) is 5.02 Å². The van der Waals surface area contributed by atoms with Gasteiger partial charge in [-0.15, -0.1) is 0 Å². The SMILES string of the molecule is O=[N+]([O-])c1cnc(OC2CCC2)cc1Cl. The van der Waals surface area contributed by atoms with E-state index in [1.165, 1.54) is 6.07 Å². The molecule has 0 N–H and O–H groups in total. The Morgan fingerprint density at radius 3 is 2.80 bits per heavy atom. The van der Waals surface area contributed by atoms with Crippen molar-refractivity contribution < 1.29 is 9.66 Å². The summed E-state index contributed by atoms with van der Waals surface area (Å²) in [7, 11) is 0. The van der Waals surface area contributed by atoms with Crippen molar-refractivity contribution in [3.05, 3.63) is 27.4 Å². The Morgan fingerprint density at radius 2 is 2.33 bits per heavy atom. The second-order valence-corrected chi connectivity index (χ2v) is 3.81. The maximum atomic E-state index is 10.5. The van der Waals surface area contributed by atoms with Crippen LogP contribution in [0.25, 0.3) is 0 Å². The van der Waals surface area contributed by atoms with E-state index < -0.39 is 4.92 Å². The summed E-state index contributed by atoms with van der Waals surface area (Å²) in [6, 6.07) is 1.39. The van der Waals surface area contributed by atoms with Crippen LogP contribution in [0.4, 0.5) is 5.69 Å². The molecule has 0 amide bonds. The first-order chi connectivity index (χ1) is 7.16. The number of aromatic nitrogens is 1. The number of hydrogen-bond donors (Lipinski definition) is 0. The molecule has 0 radical (unpaired) electrons. The van der Waals surface area contributed by atoms with Crippen LogP contribution in [-0.2, 0) is 0 Å². The van der Waals surface area contributed by atoms with Crippen molar-refractivity contribution in [3.63, 3.8) is 0 Å². The van der Waals surface area contributed by atoms with Crippen molar-refractivity contribution in [2.24, 2.45) is 0 Å². The lowest BCUT2D eigenvalue weighted by molar-refractivity contribution is -0.385. The van der Waals surface area contributed by atoms with Gasteiger partial charge in [-0.05, 0) is 19.3 Å². The number of nitro groups is 1. The lowest BCUT2D eigenvalue weighted by Crippen LogP contribution is -2.24. The molecule has 0 aliphatic heterocycles. The van der Waals surface area contributed by atoms with E-state index in [0.29, 0.717) is 5.88 Å². The Morgan fingerprint density at radius 1 is 1.60 bits per heavy atom. The molecule has 2 rings (SSSR count).